The van der Waals surface area contributed by atoms with Crippen molar-refractivity contribution in [1.82, 2.24) is 0 Å². The van der Waals surface area contributed by atoms with Gasteiger partial charge in [-0.15, -0.1) is 0 Å². The summed E-state index contributed by atoms with van der Waals surface area (Å²) in [4.78, 5) is 72.3. The molecule has 0 spiro atoms. The van der Waals surface area contributed by atoms with E-state index >= 15 is 0 Å². The Morgan fingerprint density at radius 2 is 0.565 bits per heavy atom. The summed E-state index contributed by atoms with van der Waals surface area (Å²) in [5, 5.41) is 10.5. The van der Waals surface area contributed by atoms with E-state index in [0.29, 0.717) is 37.5 Å². The topological polar surface area (TPSA) is 237 Å². The molecule has 17 nitrogen and oxygen atoms in total. The molecule has 0 saturated heterocycles. The largest absolute Gasteiger partial charge is 0.472 e. The second-order valence-electron chi connectivity index (χ2n) is 25.5. The predicted octanol–water partition coefficient (Wildman–Crippen LogP) is 18.1. The van der Waals surface area contributed by atoms with Crippen LogP contribution in [0.15, 0.2) is 0 Å². The average Bonchev–Trinajstić information content (AvgIpc) is 3.57. The molecule has 3 N–H and O–H groups in total. The van der Waals surface area contributed by atoms with E-state index in [9.17, 15) is 43.2 Å². The number of carbonyl (C=O) groups is 4. The number of unbranched alkanes of at least 4 members (excludes halogenated alkanes) is 28. The van der Waals surface area contributed by atoms with Crippen LogP contribution >= 0.6 is 15.6 Å². The van der Waals surface area contributed by atoms with Crippen LogP contribution in [-0.2, 0) is 65.4 Å². The number of ether oxygens (including phenoxy) is 4. The lowest BCUT2D eigenvalue weighted by Gasteiger charge is -2.21. The van der Waals surface area contributed by atoms with E-state index in [1.807, 2.05) is 0 Å². The zero-order valence-electron chi connectivity index (χ0n) is 55.2. The lowest BCUT2D eigenvalue weighted by molar-refractivity contribution is -0.161. The molecule has 0 aliphatic carbocycles. The Hall–Kier alpha value is -1.94. The quantitative estimate of drug-likeness (QED) is 0.0222. The lowest BCUT2D eigenvalue weighted by Crippen LogP contribution is -2.30. The first-order valence-electron chi connectivity index (χ1n) is 34.2. The zero-order chi connectivity index (χ0) is 63.2. The van der Waals surface area contributed by atoms with Gasteiger partial charge in [0.25, 0.3) is 0 Å². The van der Waals surface area contributed by atoms with Gasteiger partial charge in [0.2, 0.25) is 0 Å². The Bertz CT molecular complexity index is 1700. The van der Waals surface area contributed by atoms with E-state index in [0.717, 1.165) is 115 Å². The molecule has 6 atom stereocenters. The second kappa shape index (κ2) is 56.1. The molecule has 0 aromatic heterocycles. The molecular formula is C66H128O17P2. The molecule has 0 radical (unpaired) electrons. The molecule has 85 heavy (non-hydrogen) atoms. The van der Waals surface area contributed by atoms with Crippen LogP contribution in [0.3, 0.4) is 0 Å². The fourth-order valence-electron chi connectivity index (χ4n) is 9.75. The van der Waals surface area contributed by atoms with Crippen LogP contribution in [0.25, 0.3) is 0 Å². The summed E-state index contributed by atoms with van der Waals surface area (Å²) in [5.74, 6) is 0.781. The number of rotatable bonds is 63. The normalized spacial score (nSPS) is 14.7. The molecule has 0 rings (SSSR count). The Morgan fingerprint density at radius 1 is 0.329 bits per heavy atom. The lowest BCUT2D eigenvalue weighted by atomic mass is 9.99. The van der Waals surface area contributed by atoms with Gasteiger partial charge in [-0.25, -0.2) is 9.13 Å². The van der Waals surface area contributed by atoms with Gasteiger partial charge in [-0.3, -0.25) is 37.3 Å². The van der Waals surface area contributed by atoms with Gasteiger partial charge in [-0.05, 0) is 49.4 Å². The zero-order valence-corrected chi connectivity index (χ0v) is 57.0. The molecule has 19 heteroatoms. The summed E-state index contributed by atoms with van der Waals surface area (Å²) in [5.41, 5.74) is 0. The van der Waals surface area contributed by atoms with E-state index in [4.69, 9.17) is 37.0 Å². The summed E-state index contributed by atoms with van der Waals surface area (Å²) in [7, 11) is -9.89. The number of carbonyl (C=O) groups excluding carboxylic acids is 4. The monoisotopic (exact) mass is 1250 g/mol. The van der Waals surface area contributed by atoms with Gasteiger partial charge >= 0.3 is 39.5 Å². The van der Waals surface area contributed by atoms with Gasteiger partial charge in [0.1, 0.15) is 19.3 Å². The van der Waals surface area contributed by atoms with Crippen molar-refractivity contribution < 1.29 is 80.2 Å². The van der Waals surface area contributed by atoms with E-state index < -0.39 is 97.5 Å². The van der Waals surface area contributed by atoms with E-state index in [2.05, 4.69) is 55.4 Å². The molecule has 0 amide bonds. The van der Waals surface area contributed by atoms with Crippen molar-refractivity contribution in [2.75, 3.05) is 39.6 Å². The van der Waals surface area contributed by atoms with E-state index in [1.54, 1.807) is 0 Å². The van der Waals surface area contributed by atoms with E-state index in [1.165, 1.54) is 109 Å². The van der Waals surface area contributed by atoms with Gasteiger partial charge in [0, 0.05) is 25.7 Å². The van der Waals surface area contributed by atoms with Gasteiger partial charge in [0.05, 0.1) is 26.4 Å². The highest BCUT2D eigenvalue weighted by atomic mass is 31.2. The molecule has 0 fully saturated rings. The number of hydrogen-bond acceptors (Lipinski definition) is 15. The number of phosphoric ester groups is 2. The fraction of sp³-hybridized carbons (Fsp3) is 0.939. The van der Waals surface area contributed by atoms with Crippen molar-refractivity contribution in [3.8, 4) is 0 Å². The SMILES string of the molecule is CCC(C)CCCCCCCCCCC(=O)O[C@H](COC(=O)CCCCCCCCCC(C)C)COP(=O)(O)OCC(O)COP(=O)(O)OC[C@@H](COC(=O)CCCCCCCCC(C)C)OC(=O)CCCCCCCCCCCCCC(C)C. The summed E-state index contributed by atoms with van der Waals surface area (Å²) in [6.45, 7) is 14.0. The van der Waals surface area contributed by atoms with Crippen molar-refractivity contribution >= 4 is 39.5 Å². The summed E-state index contributed by atoms with van der Waals surface area (Å²) < 4.78 is 68.1. The number of hydrogen-bond donors (Lipinski definition) is 3. The minimum atomic E-state index is -4.95. The minimum absolute atomic E-state index is 0.103. The number of aliphatic hydroxyl groups is 1. The van der Waals surface area contributed by atoms with Crippen LogP contribution in [0.5, 0.6) is 0 Å². The molecular weight excluding hydrogens is 1130 g/mol. The smallest absolute Gasteiger partial charge is 0.462 e. The Morgan fingerprint density at radius 3 is 0.835 bits per heavy atom. The van der Waals surface area contributed by atoms with Crippen molar-refractivity contribution in [3.05, 3.63) is 0 Å². The molecule has 0 aromatic rings. The Balaban J connectivity index is 5.25. The molecule has 0 heterocycles. The third-order valence-electron chi connectivity index (χ3n) is 15.4. The highest BCUT2D eigenvalue weighted by molar-refractivity contribution is 7.47. The van der Waals surface area contributed by atoms with Gasteiger partial charge in [0.15, 0.2) is 12.2 Å². The number of aliphatic hydroxyl groups excluding tert-OH is 1. The summed E-state index contributed by atoms with van der Waals surface area (Å²) >= 11 is 0. The van der Waals surface area contributed by atoms with Crippen LogP contribution in [0, 0.1) is 23.7 Å². The second-order valence-corrected chi connectivity index (χ2v) is 28.4. The maximum atomic E-state index is 13.0. The molecule has 0 bridgehead atoms. The van der Waals surface area contributed by atoms with Gasteiger partial charge < -0.3 is 33.8 Å². The molecule has 0 saturated carbocycles. The molecule has 504 valence electrons. The van der Waals surface area contributed by atoms with Crippen LogP contribution in [-0.4, -0.2) is 96.7 Å². The Labute approximate surface area is 517 Å². The van der Waals surface area contributed by atoms with Crippen molar-refractivity contribution in [3.63, 3.8) is 0 Å². The van der Waals surface area contributed by atoms with Crippen molar-refractivity contribution in [2.24, 2.45) is 23.7 Å². The molecule has 0 aliphatic rings. The predicted molar refractivity (Wildman–Crippen MR) is 340 cm³/mol. The maximum absolute atomic E-state index is 13.0. The minimum Gasteiger partial charge on any atom is -0.462 e. The van der Waals surface area contributed by atoms with Crippen LogP contribution < -0.4 is 0 Å². The highest BCUT2D eigenvalue weighted by Gasteiger charge is 2.30. The summed E-state index contributed by atoms with van der Waals surface area (Å²) in [6.07, 6.45) is 36.3. The number of esters is 4. The third kappa shape index (κ3) is 59.5. The van der Waals surface area contributed by atoms with Crippen molar-refractivity contribution in [1.29, 1.82) is 0 Å². The number of phosphoric acid groups is 2. The highest BCUT2D eigenvalue weighted by Crippen LogP contribution is 2.45. The van der Waals surface area contributed by atoms with Crippen LogP contribution in [0.4, 0.5) is 0 Å². The van der Waals surface area contributed by atoms with E-state index in [-0.39, 0.29) is 25.7 Å². The third-order valence-corrected chi connectivity index (χ3v) is 17.3. The van der Waals surface area contributed by atoms with Gasteiger partial charge in [-0.2, -0.15) is 0 Å². The van der Waals surface area contributed by atoms with Crippen molar-refractivity contribution in [2.45, 2.75) is 337 Å². The van der Waals surface area contributed by atoms with Crippen LogP contribution in [0.2, 0.25) is 0 Å². The summed E-state index contributed by atoms with van der Waals surface area (Å²) in [6, 6.07) is 0. The first-order chi connectivity index (χ1) is 40.6. The maximum Gasteiger partial charge on any atom is 0.472 e. The molecule has 4 unspecified atom stereocenters. The van der Waals surface area contributed by atoms with Crippen LogP contribution in [0.1, 0.15) is 319 Å². The molecule has 0 aliphatic heterocycles. The fourth-order valence-corrected chi connectivity index (χ4v) is 11.3. The molecule has 0 aromatic carbocycles. The van der Waals surface area contributed by atoms with Gasteiger partial charge in [-0.1, -0.05) is 267 Å². The standard InChI is InChI=1S/C66H128O17P2/c1-9-59(8)45-37-29-20-15-16-22-33-41-49-66(71)83-61(52-76-63(68)46-38-30-23-17-19-27-35-43-57(4)5)54-80-84(72,73)78-50-60(67)51-79-85(74,75)81-55-62(53-77-64(69)47-39-31-25-24-28-36-44-58(6)7)82-65(70)48-40-32-21-14-12-10-11-13-18-26-34-42-56(2)3/h56-62,67H,9-55H2,1-8H3,(H,72,73)(H,74,75)/t59?,60?,61-,62-/m1/s1. The average molecular weight is 1260 g/mol. The first-order valence-corrected chi connectivity index (χ1v) is 37.2. The Kier molecular flexibility index (Phi) is 54.8. The first kappa shape index (κ1) is 83.1.